The van der Waals surface area contributed by atoms with Gasteiger partial charge in [0.05, 0.1) is 11.2 Å². The molecule has 0 atom stereocenters. The maximum absolute atomic E-state index is 4.52. The molecule has 0 aliphatic carbocycles. The minimum atomic E-state index is 0.686. The van der Waals surface area contributed by atoms with Gasteiger partial charge in [-0.15, -0.1) is 0 Å². The van der Waals surface area contributed by atoms with Crippen LogP contribution in [-0.4, -0.2) is 29.0 Å². The molecule has 0 saturated carbocycles. The van der Waals surface area contributed by atoms with E-state index < -0.39 is 0 Å². The summed E-state index contributed by atoms with van der Waals surface area (Å²) in [4.78, 5) is 15.6. The minimum absolute atomic E-state index is 0.686. The summed E-state index contributed by atoms with van der Waals surface area (Å²) in [5, 5.41) is 7.81. The Bertz CT molecular complexity index is 1100. The number of aromatic nitrogens is 3. The maximum Gasteiger partial charge on any atom is 0.136 e. The molecule has 0 radical (unpaired) electrons. The van der Waals surface area contributed by atoms with E-state index in [1.807, 2.05) is 69.6 Å². The van der Waals surface area contributed by atoms with E-state index >= 15 is 0 Å². The van der Waals surface area contributed by atoms with E-state index in [0.717, 1.165) is 39.6 Å². The molecule has 28 heavy (non-hydrogen) atoms. The molecule has 0 aliphatic rings. The molecule has 0 unspecified atom stereocenters. The van der Waals surface area contributed by atoms with E-state index in [0.29, 0.717) is 5.82 Å². The van der Waals surface area contributed by atoms with Crippen LogP contribution in [0.1, 0.15) is 5.82 Å². The van der Waals surface area contributed by atoms with E-state index in [2.05, 4.69) is 42.6 Å². The molecule has 0 spiro atoms. The van der Waals surface area contributed by atoms with Crippen LogP contribution in [0.3, 0.4) is 0 Å². The van der Waals surface area contributed by atoms with Crippen LogP contribution < -0.4 is 15.5 Å². The van der Waals surface area contributed by atoms with Crippen molar-refractivity contribution >= 4 is 39.6 Å². The van der Waals surface area contributed by atoms with Crippen molar-refractivity contribution in [2.45, 2.75) is 6.92 Å². The Morgan fingerprint density at radius 2 is 1.54 bits per heavy atom. The lowest BCUT2D eigenvalue weighted by Crippen LogP contribution is -2.08. The number of nitrogens with one attached hydrogen (secondary N) is 2. The number of hydrogen-bond acceptors (Lipinski definition) is 6. The van der Waals surface area contributed by atoms with E-state index in [-0.39, 0.29) is 0 Å². The fourth-order valence-electron chi connectivity index (χ4n) is 3.03. The second-order valence-electron chi connectivity index (χ2n) is 6.76. The highest BCUT2D eigenvalue weighted by Crippen LogP contribution is 2.26. The van der Waals surface area contributed by atoms with Gasteiger partial charge in [0.25, 0.3) is 0 Å². The Morgan fingerprint density at radius 3 is 2.29 bits per heavy atom. The molecular weight excluding hydrogens is 348 g/mol. The quantitative estimate of drug-likeness (QED) is 0.522. The van der Waals surface area contributed by atoms with Crippen LogP contribution in [0.5, 0.6) is 0 Å². The number of hydrogen-bond donors (Lipinski definition) is 2. The number of pyridine rings is 1. The summed E-state index contributed by atoms with van der Waals surface area (Å²) in [6, 6.07) is 20.1. The SMILES string of the molecule is Cc1nc(Nc2ccc(N(C)C)cc2)cc(Nc2cccc3cccnc23)n1. The van der Waals surface area contributed by atoms with Gasteiger partial charge in [-0.1, -0.05) is 18.2 Å². The Labute approximate surface area is 164 Å². The van der Waals surface area contributed by atoms with Gasteiger partial charge in [0, 0.05) is 43.1 Å². The largest absolute Gasteiger partial charge is 0.378 e. The van der Waals surface area contributed by atoms with Crippen LogP contribution in [0, 0.1) is 6.92 Å². The second kappa shape index (κ2) is 7.52. The zero-order chi connectivity index (χ0) is 19.5. The summed E-state index contributed by atoms with van der Waals surface area (Å²) in [7, 11) is 4.05. The number of nitrogens with zero attached hydrogens (tertiary/aromatic N) is 4. The van der Waals surface area contributed by atoms with E-state index in [1.54, 1.807) is 6.20 Å². The fraction of sp³-hybridized carbons (Fsp3) is 0.136. The van der Waals surface area contributed by atoms with Gasteiger partial charge in [0.1, 0.15) is 17.5 Å². The molecule has 6 nitrogen and oxygen atoms in total. The van der Waals surface area contributed by atoms with Crippen molar-refractivity contribution in [3.05, 3.63) is 72.7 Å². The first-order valence-corrected chi connectivity index (χ1v) is 9.09. The van der Waals surface area contributed by atoms with E-state index in [1.165, 1.54) is 0 Å². The van der Waals surface area contributed by atoms with Gasteiger partial charge < -0.3 is 15.5 Å². The normalized spacial score (nSPS) is 10.7. The molecule has 2 heterocycles. The molecule has 6 heteroatoms. The highest BCUT2D eigenvalue weighted by molar-refractivity contribution is 5.91. The smallest absolute Gasteiger partial charge is 0.136 e. The number of para-hydroxylation sites is 1. The Kier molecular flexibility index (Phi) is 4.76. The van der Waals surface area contributed by atoms with E-state index in [4.69, 9.17) is 0 Å². The molecular formula is C22H22N6. The number of rotatable bonds is 5. The number of aryl methyl sites for hydroxylation is 1. The minimum Gasteiger partial charge on any atom is -0.378 e. The molecule has 140 valence electrons. The Hall–Kier alpha value is -3.67. The zero-order valence-electron chi connectivity index (χ0n) is 16.1. The molecule has 0 saturated heterocycles. The van der Waals surface area contributed by atoms with Gasteiger partial charge >= 0.3 is 0 Å². The Morgan fingerprint density at radius 1 is 0.821 bits per heavy atom. The molecule has 2 N–H and O–H groups in total. The average molecular weight is 370 g/mol. The summed E-state index contributed by atoms with van der Waals surface area (Å²) in [5.74, 6) is 2.14. The predicted molar refractivity (Wildman–Crippen MR) is 116 cm³/mol. The van der Waals surface area contributed by atoms with Crippen LogP contribution in [0.25, 0.3) is 10.9 Å². The predicted octanol–water partition coefficient (Wildman–Crippen LogP) is 4.89. The molecule has 0 amide bonds. The zero-order valence-corrected chi connectivity index (χ0v) is 16.1. The monoisotopic (exact) mass is 370 g/mol. The molecule has 0 aliphatic heterocycles. The lowest BCUT2D eigenvalue weighted by molar-refractivity contribution is 1.06. The fourth-order valence-corrected chi connectivity index (χ4v) is 3.03. The highest BCUT2D eigenvalue weighted by atomic mass is 15.1. The van der Waals surface area contributed by atoms with Crippen molar-refractivity contribution in [3.8, 4) is 0 Å². The molecule has 4 rings (SSSR count). The summed E-state index contributed by atoms with van der Waals surface area (Å²) in [6.45, 7) is 1.88. The van der Waals surface area contributed by atoms with Gasteiger partial charge in [0.15, 0.2) is 0 Å². The van der Waals surface area contributed by atoms with E-state index in [9.17, 15) is 0 Å². The third kappa shape index (κ3) is 3.86. The molecule has 4 aromatic rings. The lowest BCUT2D eigenvalue weighted by atomic mass is 10.2. The summed E-state index contributed by atoms with van der Waals surface area (Å²) in [6.07, 6.45) is 1.79. The standard InChI is InChI=1S/C22H22N6/c1-15-24-20(26-17-9-11-18(12-10-17)28(2)3)14-21(25-15)27-19-8-4-6-16-7-5-13-23-22(16)19/h4-14H,1-3H3,(H2,24,25,26,27). The van der Waals surface area contributed by atoms with Crippen molar-refractivity contribution in [1.29, 1.82) is 0 Å². The van der Waals surface area contributed by atoms with Crippen LogP contribution in [0.15, 0.2) is 66.9 Å². The lowest BCUT2D eigenvalue weighted by Gasteiger charge is -2.14. The van der Waals surface area contributed by atoms with Crippen molar-refractivity contribution < 1.29 is 0 Å². The van der Waals surface area contributed by atoms with Gasteiger partial charge in [-0.25, -0.2) is 9.97 Å². The highest BCUT2D eigenvalue weighted by Gasteiger charge is 2.07. The van der Waals surface area contributed by atoms with Gasteiger partial charge in [-0.05, 0) is 43.3 Å². The number of fused-ring (bicyclic) bond motifs is 1. The summed E-state index contributed by atoms with van der Waals surface area (Å²) in [5.41, 5.74) is 3.95. The molecule has 2 aromatic heterocycles. The first-order valence-electron chi connectivity index (χ1n) is 9.09. The van der Waals surface area contributed by atoms with Gasteiger partial charge in [-0.2, -0.15) is 0 Å². The van der Waals surface area contributed by atoms with Crippen LogP contribution >= 0.6 is 0 Å². The van der Waals surface area contributed by atoms with Crippen molar-refractivity contribution in [2.75, 3.05) is 29.6 Å². The second-order valence-corrected chi connectivity index (χ2v) is 6.76. The maximum atomic E-state index is 4.52. The summed E-state index contributed by atoms with van der Waals surface area (Å²) < 4.78 is 0. The number of benzene rings is 2. The number of anilines is 5. The molecule has 2 aromatic carbocycles. The summed E-state index contributed by atoms with van der Waals surface area (Å²) >= 11 is 0. The van der Waals surface area contributed by atoms with Crippen molar-refractivity contribution in [3.63, 3.8) is 0 Å². The first-order chi connectivity index (χ1) is 13.6. The first kappa shape index (κ1) is 17.7. The van der Waals surface area contributed by atoms with Crippen LogP contribution in [0.2, 0.25) is 0 Å². The molecule has 0 fully saturated rings. The van der Waals surface area contributed by atoms with Crippen LogP contribution in [0.4, 0.5) is 28.7 Å². The van der Waals surface area contributed by atoms with Gasteiger partial charge in [0.2, 0.25) is 0 Å². The van der Waals surface area contributed by atoms with Crippen LogP contribution in [-0.2, 0) is 0 Å². The average Bonchev–Trinajstić information content (AvgIpc) is 2.68. The van der Waals surface area contributed by atoms with Gasteiger partial charge in [-0.3, -0.25) is 4.98 Å². The van der Waals surface area contributed by atoms with Crippen molar-refractivity contribution in [2.24, 2.45) is 0 Å². The third-order valence-corrected chi connectivity index (χ3v) is 4.39. The van der Waals surface area contributed by atoms with Crippen molar-refractivity contribution in [1.82, 2.24) is 15.0 Å². The Balaban J connectivity index is 1.60. The topological polar surface area (TPSA) is 66.0 Å². The third-order valence-electron chi connectivity index (χ3n) is 4.39. The molecule has 0 bridgehead atoms.